The van der Waals surface area contributed by atoms with Crippen molar-refractivity contribution in [3.8, 4) is 11.3 Å². The summed E-state index contributed by atoms with van der Waals surface area (Å²) in [5.41, 5.74) is 2.90. The molecule has 1 aromatic heterocycles. The lowest BCUT2D eigenvalue weighted by Gasteiger charge is -2.07. The summed E-state index contributed by atoms with van der Waals surface area (Å²) >= 11 is 5.94. The molecule has 0 bridgehead atoms. The quantitative estimate of drug-likeness (QED) is 0.604. The first kappa shape index (κ1) is 11.7. The highest BCUT2D eigenvalue weighted by Crippen LogP contribution is 2.25. The molecule has 1 heterocycles. The van der Waals surface area contributed by atoms with E-state index in [1.54, 1.807) is 6.92 Å². The molecule has 0 aliphatic heterocycles. The van der Waals surface area contributed by atoms with Crippen molar-refractivity contribution in [3.63, 3.8) is 0 Å². The number of aromatic nitrogens is 2. The summed E-state index contributed by atoms with van der Waals surface area (Å²) in [6.45, 7) is 3.74. The Morgan fingerprint density at radius 2 is 2.00 bits per heavy atom. The second kappa shape index (κ2) is 4.63. The molecule has 17 heavy (non-hydrogen) atoms. The van der Waals surface area contributed by atoms with Gasteiger partial charge >= 0.3 is 0 Å². The number of rotatable bonds is 2. The second-order valence-corrected chi connectivity index (χ2v) is 4.17. The van der Waals surface area contributed by atoms with E-state index >= 15 is 0 Å². The highest BCUT2D eigenvalue weighted by Gasteiger charge is 2.12. The van der Waals surface area contributed by atoms with Gasteiger partial charge in [-0.1, -0.05) is 35.4 Å². The fraction of sp³-hybridized carbons (Fsp3) is 0.154. The Labute approximate surface area is 104 Å². The largest absolute Gasteiger partial charge is 0.298 e. The third kappa shape index (κ3) is 2.34. The van der Waals surface area contributed by atoms with Crippen molar-refractivity contribution in [3.05, 3.63) is 46.4 Å². The van der Waals surface area contributed by atoms with E-state index < -0.39 is 0 Å². The van der Waals surface area contributed by atoms with Crippen LogP contribution in [0.3, 0.4) is 0 Å². The number of benzene rings is 1. The van der Waals surface area contributed by atoms with E-state index in [2.05, 4.69) is 9.97 Å². The molecular formula is C13H11ClN2O. The fourth-order valence-electron chi connectivity index (χ4n) is 1.66. The van der Waals surface area contributed by atoms with E-state index in [9.17, 15) is 4.79 Å². The third-order valence-electron chi connectivity index (χ3n) is 2.42. The van der Waals surface area contributed by atoms with E-state index in [1.165, 1.54) is 0 Å². The molecule has 3 nitrogen and oxygen atoms in total. The molecule has 0 fully saturated rings. The highest BCUT2D eigenvalue weighted by atomic mass is 35.5. The lowest BCUT2D eigenvalue weighted by atomic mass is 10.1. The standard InChI is InChI=1S/C13H11ClN2O/c1-8-4-3-5-10(6-8)12-11(7-17)13(14)16-9(2)15-12/h3-7H,1-2H3. The van der Waals surface area contributed by atoms with Crippen LogP contribution in [-0.2, 0) is 0 Å². The topological polar surface area (TPSA) is 42.9 Å². The van der Waals surface area contributed by atoms with Gasteiger partial charge in [0.05, 0.1) is 11.3 Å². The number of carbonyl (C=O) groups excluding carboxylic acids is 1. The summed E-state index contributed by atoms with van der Waals surface area (Å²) in [6.07, 6.45) is 0.694. The summed E-state index contributed by atoms with van der Waals surface area (Å²) in [4.78, 5) is 19.3. The minimum atomic E-state index is 0.198. The molecule has 0 unspecified atom stereocenters. The van der Waals surface area contributed by atoms with Crippen LogP contribution in [0.4, 0.5) is 0 Å². The van der Waals surface area contributed by atoms with Gasteiger partial charge in [0.1, 0.15) is 11.0 Å². The molecule has 0 saturated carbocycles. The number of halogens is 1. The van der Waals surface area contributed by atoms with Crippen molar-refractivity contribution in [2.45, 2.75) is 13.8 Å². The lowest BCUT2D eigenvalue weighted by Crippen LogP contribution is -1.99. The zero-order valence-corrected chi connectivity index (χ0v) is 10.3. The molecule has 0 spiro atoms. The van der Waals surface area contributed by atoms with Crippen LogP contribution >= 0.6 is 11.6 Å². The van der Waals surface area contributed by atoms with Crippen molar-refractivity contribution < 1.29 is 4.79 Å². The highest BCUT2D eigenvalue weighted by molar-refractivity contribution is 6.32. The van der Waals surface area contributed by atoms with Crippen molar-refractivity contribution in [1.82, 2.24) is 9.97 Å². The van der Waals surface area contributed by atoms with Gasteiger partial charge in [-0.15, -0.1) is 0 Å². The minimum absolute atomic E-state index is 0.198. The van der Waals surface area contributed by atoms with E-state index in [4.69, 9.17) is 11.6 Å². The Bertz CT molecular complexity index is 582. The van der Waals surface area contributed by atoms with Gasteiger partial charge in [-0.05, 0) is 19.9 Å². The number of hydrogen-bond donors (Lipinski definition) is 0. The summed E-state index contributed by atoms with van der Waals surface area (Å²) in [7, 11) is 0. The van der Waals surface area contributed by atoms with Gasteiger partial charge in [-0.25, -0.2) is 9.97 Å². The van der Waals surface area contributed by atoms with Gasteiger partial charge in [-0.3, -0.25) is 4.79 Å². The predicted octanol–water partition coefficient (Wildman–Crippen LogP) is 3.23. The number of carbonyl (C=O) groups is 1. The van der Waals surface area contributed by atoms with Crippen LogP contribution in [0.2, 0.25) is 5.15 Å². The maximum Gasteiger partial charge on any atom is 0.155 e. The first-order valence-electron chi connectivity index (χ1n) is 5.18. The molecule has 0 aliphatic carbocycles. The summed E-state index contributed by atoms with van der Waals surface area (Å²) < 4.78 is 0. The Hall–Kier alpha value is -1.74. The molecule has 2 rings (SSSR count). The predicted molar refractivity (Wildman–Crippen MR) is 67.3 cm³/mol. The van der Waals surface area contributed by atoms with Crippen LogP contribution in [0.15, 0.2) is 24.3 Å². The van der Waals surface area contributed by atoms with Crippen molar-refractivity contribution in [2.75, 3.05) is 0 Å². The average molecular weight is 247 g/mol. The number of hydrogen-bond acceptors (Lipinski definition) is 3. The molecule has 1 aromatic carbocycles. The van der Waals surface area contributed by atoms with E-state index in [1.807, 2.05) is 31.2 Å². The Kier molecular flexibility index (Phi) is 3.20. The maximum atomic E-state index is 11.1. The number of nitrogens with zero attached hydrogens (tertiary/aromatic N) is 2. The Balaban J connectivity index is 2.70. The van der Waals surface area contributed by atoms with Crippen molar-refractivity contribution >= 4 is 17.9 Å². The first-order valence-corrected chi connectivity index (χ1v) is 5.56. The van der Waals surface area contributed by atoms with E-state index in [-0.39, 0.29) is 5.15 Å². The summed E-state index contributed by atoms with van der Waals surface area (Å²) in [6, 6.07) is 7.77. The monoisotopic (exact) mass is 246 g/mol. The lowest BCUT2D eigenvalue weighted by molar-refractivity contribution is 0.112. The van der Waals surface area contributed by atoms with E-state index in [0.29, 0.717) is 23.4 Å². The second-order valence-electron chi connectivity index (χ2n) is 3.81. The van der Waals surface area contributed by atoms with Gasteiger partial charge in [0.25, 0.3) is 0 Å². The molecule has 4 heteroatoms. The van der Waals surface area contributed by atoms with Crippen LogP contribution in [0.25, 0.3) is 11.3 Å². The van der Waals surface area contributed by atoms with Gasteiger partial charge in [0.2, 0.25) is 0 Å². The van der Waals surface area contributed by atoms with Crippen LogP contribution < -0.4 is 0 Å². The first-order chi connectivity index (χ1) is 8.11. The summed E-state index contributed by atoms with van der Waals surface area (Å²) in [5, 5.41) is 0.198. The molecule has 0 amide bonds. The number of aldehydes is 1. The van der Waals surface area contributed by atoms with Crippen LogP contribution in [0.1, 0.15) is 21.7 Å². The van der Waals surface area contributed by atoms with Gasteiger partial charge in [0, 0.05) is 5.56 Å². The smallest absolute Gasteiger partial charge is 0.155 e. The van der Waals surface area contributed by atoms with Crippen LogP contribution in [0.5, 0.6) is 0 Å². The van der Waals surface area contributed by atoms with E-state index in [0.717, 1.165) is 11.1 Å². The molecule has 0 atom stereocenters. The SMILES string of the molecule is Cc1cccc(-c2nc(C)nc(Cl)c2C=O)c1. The van der Waals surface area contributed by atoms with Crippen LogP contribution in [-0.4, -0.2) is 16.3 Å². The zero-order valence-electron chi connectivity index (χ0n) is 9.57. The van der Waals surface area contributed by atoms with Crippen molar-refractivity contribution in [1.29, 1.82) is 0 Å². The van der Waals surface area contributed by atoms with Gasteiger partial charge in [0.15, 0.2) is 6.29 Å². The average Bonchev–Trinajstić information content (AvgIpc) is 2.28. The van der Waals surface area contributed by atoms with Crippen molar-refractivity contribution in [2.24, 2.45) is 0 Å². The molecule has 0 radical (unpaired) electrons. The Morgan fingerprint density at radius 3 is 2.65 bits per heavy atom. The minimum Gasteiger partial charge on any atom is -0.298 e. The fourth-order valence-corrected chi connectivity index (χ4v) is 1.92. The molecule has 0 saturated heterocycles. The van der Waals surface area contributed by atoms with Crippen LogP contribution in [0, 0.1) is 13.8 Å². The zero-order chi connectivity index (χ0) is 12.4. The molecule has 0 aliphatic rings. The Morgan fingerprint density at radius 1 is 1.24 bits per heavy atom. The molecule has 2 aromatic rings. The normalized spacial score (nSPS) is 10.3. The molecule has 0 N–H and O–H groups in total. The summed E-state index contributed by atoms with van der Waals surface area (Å²) in [5.74, 6) is 0.553. The maximum absolute atomic E-state index is 11.1. The third-order valence-corrected chi connectivity index (χ3v) is 2.71. The number of aryl methyl sites for hydroxylation is 2. The van der Waals surface area contributed by atoms with Gasteiger partial charge in [-0.2, -0.15) is 0 Å². The van der Waals surface area contributed by atoms with Gasteiger partial charge < -0.3 is 0 Å². The molecular weight excluding hydrogens is 236 g/mol. The molecule has 86 valence electrons.